The largest absolute Gasteiger partial charge is 0.480 e. The van der Waals surface area contributed by atoms with Crippen LogP contribution in [-0.4, -0.2) is 43.9 Å². The van der Waals surface area contributed by atoms with Gasteiger partial charge in [-0.1, -0.05) is 0 Å². The van der Waals surface area contributed by atoms with Crippen LogP contribution in [-0.2, 0) is 4.79 Å². The van der Waals surface area contributed by atoms with Gasteiger partial charge in [-0.2, -0.15) is 5.10 Å². The molecule has 0 aromatic carbocycles. The fourth-order valence-electron chi connectivity index (χ4n) is 1.62. The maximum Gasteiger partial charge on any atom is 0.323 e. The van der Waals surface area contributed by atoms with Crippen molar-refractivity contribution in [3.8, 4) is 0 Å². The molecule has 0 saturated carbocycles. The van der Waals surface area contributed by atoms with Crippen molar-refractivity contribution in [3.63, 3.8) is 0 Å². The lowest BCUT2D eigenvalue weighted by Crippen LogP contribution is -2.50. The molecule has 0 bridgehead atoms. The Morgan fingerprint density at radius 1 is 1.45 bits per heavy atom. The van der Waals surface area contributed by atoms with Crippen molar-refractivity contribution >= 4 is 17.7 Å². The van der Waals surface area contributed by atoms with E-state index in [4.69, 9.17) is 5.11 Å². The second kappa shape index (κ2) is 5.94. The predicted molar refractivity (Wildman–Crippen MR) is 75.7 cm³/mol. The summed E-state index contributed by atoms with van der Waals surface area (Å²) in [5.74, 6) is -1.05. The maximum absolute atomic E-state index is 12.2. The van der Waals surface area contributed by atoms with E-state index in [0.29, 0.717) is 5.69 Å². The summed E-state index contributed by atoms with van der Waals surface area (Å²) >= 11 is 0. The molecular formula is C13H22N4O3. The van der Waals surface area contributed by atoms with E-state index < -0.39 is 17.5 Å². The first kappa shape index (κ1) is 16.0. The van der Waals surface area contributed by atoms with E-state index in [2.05, 4.69) is 10.4 Å². The zero-order chi connectivity index (χ0) is 15.5. The Kier molecular flexibility index (Phi) is 4.75. The lowest BCUT2D eigenvalue weighted by atomic mass is 10.1. The molecule has 1 aromatic rings. The zero-order valence-electron chi connectivity index (χ0n) is 12.5. The summed E-state index contributed by atoms with van der Waals surface area (Å²) in [6, 6.07) is -0.262. The fourth-order valence-corrected chi connectivity index (χ4v) is 1.62. The third kappa shape index (κ3) is 4.25. The molecule has 0 spiro atoms. The van der Waals surface area contributed by atoms with Crippen LogP contribution in [0.3, 0.4) is 0 Å². The Hall–Kier alpha value is -2.05. The van der Waals surface area contributed by atoms with Crippen molar-refractivity contribution in [1.29, 1.82) is 0 Å². The van der Waals surface area contributed by atoms with Crippen LogP contribution in [0.25, 0.3) is 0 Å². The molecule has 7 heteroatoms. The third-order valence-corrected chi connectivity index (χ3v) is 2.73. The number of nitrogens with zero attached hydrogens (tertiary/aromatic N) is 3. The van der Waals surface area contributed by atoms with E-state index in [1.54, 1.807) is 37.8 Å². The van der Waals surface area contributed by atoms with Gasteiger partial charge >= 0.3 is 12.0 Å². The van der Waals surface area contributed by atoms with E-state index in [1.165, 1.54) is 4.90 Å². The summed E-state index contributed by atoms with van der Waals surface area (Å²) in [5.41, 5.74) is -0.0420. The number of carboxylic acids is 1. The van der Waals surface area contributed by atoms with Gasteiger partial charge in [-0.05, 0) is 34.6 Å². The number of nitrogens with one attached hydrogen (secondary N) is 1. The highest BCUT2D eigenvalue weighted by atomic mass is 16.4. The van der Waals surface area contributed by atoms with Gasteiger partial charge in [-0.25, -0.2) is 4.79 Å². The molecule has 0 aliphatic heterocycles. The van der Waals surface area contributed by atoms with Crippen molar-refractivity contribution < 1.29 is 14.7 Å². The number of aliphatic carboxylic acids is 1. The van der Waals surface area contributed by atoms with Gasteiger partial charge in [0.15, 0.2) is 0 Å². The summed E-state index contributed by atoms with van der Waals surface area (Å²) in [7, 11) is 0. The molecule has 20 heavy (non-hydrogen) atoms. The number of hydrogen-bond acceptors (Lipinski definition) is 3. The van der Waals surface area contributed by atoms with Gasteiger partial charge in [-0.15, -0.1) is 0 Å². The number of amides is 2. The molecule has 1 aromatic heterocycles. The lowest BCUT2D eigenvalue weighted by Gasteiger charge is -2.34. The standard InChI is InChI=1S/C13H22N4O3/c1-9(2)17-7-10(6-14-17)15-12(20)16(8-11(18)19)13(3,4)5/h6-7,9H,8H2,1-5H3,(H,15,20)(H,18,19). The summed E-state index contributed by atoms with van der Waals surface area (Å²) in [4.78, 5) is 24.3. The van der Waals surface area contributed by atoms with Crippen molar-refractivity contribution in [2.24, 2.45) is 0 Å². The summed E-state index contributed by atoms with van der Waals surface area (Å²) in [5, 5.41) is 15.7. The number of carboxylic acid groups (broad SMARTS) is 1. The number of hydrogen-bond donors (Lipinski definition) is 2. The van der Waals surface area contributed by atoms with Crippen LogP contribution in [0, 0.1) is 0 Å². The Morgan fingerprint density at radius 3 is 2.45 bits per heavy atom. The summed E-state index contributed by atoms with van der Waals surface area (Å²) < 4.78 is 1.72. The van der Waals surface area contributed by atoms with Crippen LogP contribution < -0.4 is 5.32 Å². The van der Waals surface area contributed by atoms with Crippen molar-refractivity contribution in [2.75, 3.05) is 11.9 Å². The molecule has 1 rings (SSSR count). The van der Waals surface area contributed by atoms with Gasteiger partial charge in [0, 0.05) is 17.8 Å². The SMILES string of the molecule is CC(C)n1cc(NC(=O)N(CC(=O)O)C(C)(C)C)cn1. The first-order valence-electron chi connectivity index (χ1n) is 6.46. The second-order valence-electron chi connectivity index (χ2n) is 5.88. The first-order valence-corrected chi connectivity index (χ1v) is 6.46. The van der Waals surface area contributed by atoms with Gasteiger partial charge in [-0.3, -0.25) is 9.48 Å². The van der Waals surface area contributed by atoms with Crippen molar-refractivity contribution in [1.82, 2.24) is 14.7 Å². The maximum atomic E-state index is 12.2. The molecule has 0 atom stereocenters. The molecule has 2 amide bonds. The molecule has 0 saturated heterocycles. The number of anilines is 1. The molecule has 112 valence electrons. The lowest BCUT2D eigenvalue weighted by molar-refractivity contribution is -0.138. The third-order valence-electron chi connectivity index (χ3n) is 2.73. The van der Waals surface area contributed by atoms with Gasteiger partial charge in [0.2, 0.25) is 0 Å². The monoisotopic (exact) mass is 282 g/mol. The highest BCUT2D eigenvalue weighted by Crippen LogP contribution is 2.16. The predicted octanol–water partition coefficient (Wildman–Crippen LogP) is 2.18. The molecule has 0 aliphatic carbocycles. The zero-order valence-corrected chi connectivity index (χ0v) is 12.5. The Bertz CT molecular complexity index is 488. The molecule has 0 radical (unpaired) electrons. The molecule has 1 heterocycles. The molecule has 0 aliphatic rings. The quantitative estimate of drug-likeness (QED) is 0.886. The van der Waals surface area contributed by atoms with Gasteiger partial charge in [0.1, 0.15) is 6.54 Å². The Morgan fingerprint density at radius 2 is 2.05 bits per heavy atom. The normalized spacial score (nSPS) is 11.5. The molecular weight excluding hydrogens is 260 g/mol. The van der Waals surface area contributed by atoms with Crippen LogP contribution in [0.1, 0.15) is 40.7 Å². The van der Waals surface area contributed by atoms with E-state index in [0.717, 1.165) is 0 Å². The average Bonchev–Trinajstić information content (AvgIpc) is 2.72. The van der Waals surface area contributed by atoms with E-state index in [1.807, 2.05) is 13.8 Å². The highest BCUT2D eigenvalue weighted by molar-refractivity contribution is 5.91. The molecule has 0 unspecified atom stereocenters. The number of aromatic nitrogens is 2. The number of carbonyl (C=O) groups excluding carboxylic acids is 1. The van der Waals surface area contributed by atoms with Gasteiger partial charge in [0.05, 0.1) is 11.9 Å². The Labute approximate surface area is 118 Å². The van der Waals surface area contributed by atoms with E-state index >= 15 is 0 Å². The minimum absolute atomic E-state index is 0.193. The fraction of sp³-hybridized carbons (Fsp3) is 0.615. The second-order valence-corrected chi connectivity index (χ2v) is 5.88. The summed E-state index contributed by atoms with van der Waals surface area (Å²) in [6.45, 7) is 8.95. The first-order chi connectivity index (χ1) is 9.11. The van der Waals surface area contributed by atoms with E-state index in [9.17, 15) is 9.59 Å². The van der Waals surface area contributed by atoms with E-state index in [-0.39, 0.29) is 12.6 Å². The van der Waals surface area contributed by atoms with Gasteiger partial charge < -0.3 is 15.3 Å². The van der Waals surface area contributed by atoms with Crippen LogP contribution in [0.15, 0.2) is 12.4 Å². The topological polar surface area (TPSA) is 87.5 Å². The smallest absolute Gasteiger partial charge is 0.323 e. The number of urea groups is 1. The van der Waals surface area contributed by atoms with Crippen LogP contribution >= 0.6 is 0 Å². The summed E-state index contributed by atoms with van der Waals surface area (Å²) in [6.07, 6.45) is 3.25. The van der Waals surface area contributed by atoms with Crippen LogP contribution in [0.5, 0.6) is 0 Å². The molecule has 2 N–H and O–H groups in total. The minimum atomic E-state index is -1.05. The highest BCUT2D eigenvalue weighted by Gasteiger charge is 2.28. The van der Waals surface area contributed by atoms with Crippen molar-refractivity contribution in [3.05, 3.63) is 12.4 Å². The molecule has 7 nitrogen and oxygen atoms in total. The minimum Gasteiger partial charge on any atom is -0.480 e. The van der Waals surface area contributed by atoms with Crippen LogP contribution in [0.4, 0.5) is 10.5 Å². The Balaban J connectivity index is 2.82. The molecule has 0 fully saturated rings. The van der Waals surface area contributed by atoms with Crippen molar-refractivity contribution in [2.45, 2.75) is 46.2 Å². The van der Waals surface area contributed by atoms with Crippen LogP contribution in [0.2, 0.25) is 0 Å². The number of carbonyl (C=O) groups is 2. The van der Waals surface area contributed by atoms with Gasteiger partial charge in [0.25, 0.3) is 0 Å². The number of rotatable bonds is 4. The average molecular weight is 282 g/mol.